The quantitative estimate of drug-likeness (QED) is 0.554. The molecule has 0 saturated carbocycles. The Balaban J connectivity index is 3.51. The van der Waals surface area contributed by atoms with E-state index in [4.69, 9.17) is 5.73 Å². The fourth-order valence-corrected chi connectivity index (χ4v) is 0.927. The van der Waals surface area contributed by atoms with Crippen LogP contribution in [0.2, 0.25) is 0 Å². The van der Waals surface area contributed by atoms with E-state index in [1.54, 1.807) is 0 Å². The van der Waals surface area contributed by atoms with Crippen molar-refractivity contribution in [3.05, 3.63) is 0 Å². The van der Waals surface area contributed by atoms with Crippen molar-refractivity contribution in [3.8, 4) is 0 Å². The molecule has 0 bridgehead atoms. The Morgan fingerprint density at radius 3 is 2.55 bits per heavy atom. The van der Waals surface area contributed by atoms with Gasteiger partial charge in [0, 0.05) is 12.6 Å². The van der Waals surface area contributed by atoms with Crippen molar-refractivity contribution < 1.29 is 4.79 Å². The molecule has 0 aromatic rings. The summed E-state index contributed by atoms with van der Waals surface area (Å²) in [6, 6.07) is 0.168. The molecule has 66 valence electrons. The lowest BCUT2D eigenvalue weighted by atomic mass is 10.3. The second-order valence-electron chi connectivity index (χ2n) is 2.93. The Bertz CT molecular complexity index is 125. The molecule has 0 aliphatic heterocycles. The van der Waals surface area contributed by atoms with E-state index >= 15 is 0 Å². The van der Waals surface area contributed by atoms with Crippen LogP contribution in [0, 0.1) is 0 Å². The number of nitrogens with zero attached hydrogens (tertiary/aromatic N) is 1. The summed E-state index contributed by atoms with van der Waals surface area (Å²) in [5.41, 5.74) is 5.13. The van der Waals surface area contributed by atoms with Crippen LogP contribution < -0.4 is 11.1 Å². The van der Waals surface area contributed by atoms with Crippen LogP contribution in [0.4, 0.5) is 0 Å². The Morgan fingerprint density at radius 1 is 1.64 bits per heavy atom. The van der Waals surface area contributed by atoms with Crippen LogP contribution in [0.15, 0.2) is 0 Å². The molecule has 0 spiro atoms. The van der Waals surface area contributed by atoms with E-state index < -0.39 is 0 Å². The van der Waals surface area contributed by atoms with Crippen LogP contribution in [0.3, 0.4) is 0 Å². The highest BCUT2D eigenvalue weighted by molar-refractivity contribution is 5.77. The molecule has 1 unspecified atom stereocenters. The van der Waals surface area contributed by atoms with Gasteiger partial charge in [-0.2, -0.15) is 0 Å². The third-order valence-corrected chi connectivity index (χ3v) is 1.23. The average molecular weight is 159 g/mol. The molecule has 3 N–H and O–H groups in total. The van der Waals surface area contributed by atoms with Gasteiger partial charge in [-0.3, -0.25) is 4.79 Å². The lowest BCUT2D eigenvalue weighted by Crippen LogP contribution is -2.42. The van der Waals surface area contributed by atoms with Gasteiger partial charge in [-0.1, -0.05) is 0 Å². The van der Waals surface area contributed by atoms with Crippen molar-refractivity contribution in [1.29, 1.82) is 0 Å². The van der Waals surface area contributed by atoms with Crippen molar-refractivity contribution in [2.75, 3.05) is 27.2 Å². The van der Waals surface area contributed by atoms with Crippen LogP contribution in [0.5, 0.6) is 0 Å². The standard InChI is InChI=1S/C7H17N3O/c1-6(5-10(2)3)9-7(11)4-8/h6H,4-5,8H2,1-3H3,(H,9,11). The van der Waals surface area contributed by atoms with E-state index in [2.05, 4.69) is 5.32 Å². The summed E-state index contributed by atoms with van der Waals surface area (Å²) in [5.74, 6) is -0.0978. The normalized spacial score (nSPS) is 13.2. The van der Waals surface area contributed by atoms with Gasteiger partial charge in [0.1, 0.15) is 0 Å². The molecule has 11 heavy (non-hydrogen) atoms. The number of hydrogen-bond acceptors (Lipinski definition) is 3. The maximum Gasteiger partial charge on any atom is 0.233 e. The first-order chi connectivity index (χ1) is 5.06. The minimum absolute atomic E-state index is 0.0672. The van der Waals surface area contributed by atoms with Gasteiger partial charge < -0.3 is 16.0 Å². The summed E-state index contributed by atoms with van der Waals surface area (Å²) in [7, 11) is 3.93. The first-order valence-electron chi connectivity index (χ1n) is 3.70. The number of nitrogens with two attached hydrogens (primary N) is 1. The number of carbonyl (C=O) groups excluding carboxylic acids is 1. The van der Waals surface area contributed by atoms with Gasteiger partial charge in [-0.05, 0) is 21.0 Å². The Morgan fingerprint density at radius 2 is 2.18 bits per heavy atom. The number of likely N-dealkylation sites (N-methyl/N-ethyl adjacent to an activating group) is 1. The molecule has 0 heterocycles. The van der Waals surface area contributed by atoms with Gasteiger partial charge in [-0.15, -0.1) is 0 Å². The molecule has 0 aromatic heterocycles. The molecule has 0 fully saturated rings. The molecular formula is C7H17N3O. The highest BCUT2D eigenvalue weighted by Crippen LogP contribution is 1.83. The summed E-state index contributed by atoms with van der Waals surface area (Å²) in [5, 5.41) is 2.76. The molecule has 0 aromatic carbocycles. The van der Waals surface area contributed by atoms with E-state index in [9.17, 15) is 4.79 Å². The molecule has 0 saturated heterocycles. The largest absolute Gasteiger partial charge is 0.351 e. The van der Waals surface area contributed by atoms with Crippen LogP contribution >= 0.6 is 0 Å². The van der Waals surface area contributed by atoms with Crippen LogP contribution in [0.1, 0.15) is 6.92 Å². The predicted molar refractivity (Wildman–Crippen MR) is 45.2 cm³/mol. The highest BCUT2D eigenvalue weighted by atomic mass is 16.1. The molecule has 1 amide bonds. The zero-order valence-corrected chi connectivity index (χ0v) is 7.42. The monoisotopic (exact) mass is 159 g/mol. The molecule has 0 rings (SSSR count). The zero-order valence-electron chi connectivity index (χ0n) is 7.42. The third kappa shape index (κ3) is 5.82. The molecule has 4 heteroatoms. The topological polar surface area (TPSA) is 58.4 Å². The van der Waals surface area contributed by atoms with Gasteiger partial charge in [0.15, 0.2) is 0 Å². The fraction of sp³-hybridized carbons (Fsp3) is 0.857. The first kappa shape index (κ1) is 10.4. The fourth-order valence-electron chi connectivity index (χ4n) is 0.927. The highest BCUT2D eigenvalue weighted by Gasteiger charge is 2.05. The van der Waals surface area contributed by atoms with Gasteiger partial charge in [0.2, 0.25) is 5.91 Å². The molecule has 0 radical (unpaired) electrons. The summed E-state index contributed by atoms with van der Waals surface area (Å²) >= 11 is 0. The second-order valence-corrected chi connectivity index (χ2v) is 2.93. The second kappa shape index (κ2) is 5.09. The van der Waals surface area contributed by atoms with Crippen LogP contribution in [-0.2, 0) is 4.79 Å². The van der Waals surface area contributed by atoms with E-state index in [1.165, 1.54) is 0 Å². The van der Waals surface area contributed by atoms with Gasteiger partial charge in [-0.25, -0.2) is 0 Å². The average Bonchev–Trinajstić information content (AvgIpc) is 1.85. The van der Waals surface area contributed by atoms with Crippen molar-refractivity contribution in [2.45, 2.75) is 13.0 Å². The Kier molecular flexibility index (Phi) is 4.81. The first-order valence-corrected chi connectivity index (χ1v) is 3.70. The summed E-state index contributed by atoms with van der Waals surface area (Å²) in [4.78, 5) is 12.8. The third-order valence-electron chi connectivity index (χ3n) is 1.23. The Labute approximate surface area is 67.7 Å². The SMILES string of the molecule is CC(CN(C)C)NC(=O)CN. The number of amides is 1. The van der Waals surface area contributed by atoms with Gasteiger partial charge in [0.25, 0.3) is 0 Å². The summed E-state index contributed by atoms with van der Waals surface area (Å²) in [6.07, 6.45) is 0. The summed E-state index contributed by atoms with van der Waals surface area (Å²) < 4.78 is 0. The zero-order chi connectivity index (χ0) is 8.85. The van der Waals surface area contributed by atoms with Crippen LogP contribution in [-0.4, -0.2) is 44.0 Å². The number of carbonyl (C=O) groups is 1. The van der Waals surface area contributed by atoms with E-state index in [-0.39, 0.29) is 18.5 Å². The van der Waals surface area contributed by atoms with Gasteiger partial charge >= 0.3 is 0 Å². The van der Waals surface area contributed by atoms with Crippen molar-refractivity contribution >= 4 is 5.91 Å². The van der Waals surface area contributed by atoms with E-state index in [1.807, 2.05) is 25.9 Å². The molecule has 0 aliphatic carbocycles. The van der Waals surface area contributed by atoms with Crippen molar-refractivity contribution in [2.24, 2.45) is 5.73 Å². The lowest BCUT2D eigenvalue weighted by Gasteiger charge is -2.17. The minimum atomic E-state index is -0.0978. The minimum Gasteiger partial charge on any atom is -0.351 e. The van der Waals surface area contributed by atoms with E-state index in [0.29, 0.717) is 0 Å². The van der Waals surface area contributed by atoms with Crippen molar-refractivity contribution in [1.82, 2.24) is 10.2 Å². The van der Waals surface area contributed by atoms with E-state index in [0.717, 1.165) is 6.54 Å². The van der Waals surface area contributed by atoms with Gasteiger partial charge in [0.05, 0.1) is 6.54 Å². The maximum atomic E-state index is 10.7. The predicted octanol–water partition coefficient (Wildman–Crippen LogP) is -0.989. The Hall–Kier alpha value is -0.610. The molecule has 0 aliphatic rings. The van der Waals surface area contributed by atoms with Crippen molar-refractivity contribution in [3.63, 3.8) is 0 Å². The number of rotatable bonds is 4. The molecular weight excluding hydrogens is 142 g/mol. The molecule has 1 atom stereocenters. The maximum absolute atomic E-state index is 10.7. The number of nitrogens with one attached hydrogen (secondary N) is 1. The molecule has 4 nitrogen and oxygen atoms in total. The van der Waals surface area contributed by atoms with Crippen LogP contribution in [0.25, 0.3) is 0 Å². The lowest BCUT2D eigenvalue weighted by molar-refractivity contribution is -0.120. The summed E-state index contributed by atoms with van der Waals surface area (Å²) in [6.45, 7) is 2.86. The smallest absolute Gasteiger partial charge is 0.233 e. The number of hydrogen-bond donors (Lipinski definition) is 2.